The Labute approximate surface area is 118 Å². The first-order valence-electron chi connectivity index (χ1n) is 5.85. The molecule has 0 amide bonds. The molecule has 0 aliphatic rings. The largest absolute Gasteiger partial charge is 0.480 e. The second-order valence-corrected chi connectivity index (χ2v) is 4.31. The lowest BCUT2D eigenvalue weighted by atomic mass is 10.1. The molecule has 6 nitrogen and oxygen atoms in total. The molecule has 1 aromatic carbocycles. The van der Waals surface area contributed by atoms with Crippen LogP contribution in [0.15, 0.2) is 12.1 Å². The first-order chi connectivity index (χ1) is 9.72. The molecule has 1 rings (SSSR count). The van der Waals surface area contributed by atoms with E-state index in [0.717, 1.165) is 19.1 Å². The minimum Gasteiger partial charge on any atom is -0.480 e. The van der Waals surface area contributed by atoms with Crippen LogP contribution >= 0.6 is 0 Å². The monoisotopic (exact) mass is 301 g/mol. The summed E-state index contributed by atoms with van der Waals surface area (Å²) in [5.41, 5.74) is 5.29. The maximum atomic E-state index is 13.7. The number of benzene rings is 1. The van der Waals surface area contributed by atoms with Crippen molar-refractivity contribution in [2.24, 2.45) is 5.73 Å². The van der Waals surface area contributed by atoms with Gasteiger partial charge >= 0.3 is 5.97 Å². The lowest BCUT2D eigenvalue weighted by Gasteiger charge is -2.10. The van der Waals surface area contributed by atoms with Crippen molar-refractivity contribution in [3.63, 3.8) is 0 Å². The van der Waals surface area contributed by atoms with Crippen LogP contribution in [0.5, 0.6) is 5.75 Å². The number of carbonyl (C=O) groups excluding carboxylic acids is 2. The molecule has 0 aliphatic carbocycles. The topological polar surface area (TPSA) is 107 Å². The number of carbonyl (C=O) groups is 3. The van der Waals surface area contributed by atoms with Crippen molar-refractivity contribution in [1.82, 2.24) is 0 Å². The molecule has 1 unspecified atom stereocenters. The molecule has 0 heterocycles. The summed E-state index contributed by atoms with van der Waals surface area (Å²) in [6, 6.07) is 0.425. The molecule has 3 N–H and O–H groups in total. The highest BCUT2D eigenvalue weighted by Gasteiger charge is 2.18. The predicted molar refractivity (Wildman–Crippen MR) is 66.9 cm³/mol. The van der Waals surface area contributed by atoms with E-state index >= 15 is 0 Å². The van der Waals surface area contributed by atoms with Crippen molar-refractivity contribution >= 4 is 17.5 Å². The Bertz CT molecular complexity index is 565. The molecule has 21 heavy (non-hydrogen) atoms. The molecule has 114 valence electrons. The number of aliphatic carboxylic acids is 1. The standard InChI is InChI=1S/C13H13F2NO5/c1-6(17)11(18)5-21-12-8(14)2-7(3-9(12)15)4-10(16)13(19)20/h2-3,10H,4-5,16H2,1H3,(H,19,20). The van der Waals surface area contributed by atoms with Gasteiger partial charge in [-0.05, 0) is 24.1 Å². The number of halogens is 2. The number of hydrogen-bond donors (Lipinski definition) is 2. The molecule has 8 heteroatoms. The van der Waals surface area contributed by atoms with Crippen molar-refractivity contribution in [2.75, 3.05) is 6.61 Å². The van der Waals surface area contributed by atoms with Gasteiger partial charge in [-0.1, -0.05) is 0 Å². The van der Waals surface area contributed by atoms with Crippen LogP contribution < -0.4 is 10.5 Å². The van der Waals surface area contributed by atoms with E-state index in [1.54, 1.807) is 0 Å². The zero-order chi connectivity index (χ0) is 16.2. The second-order valence-electron chi connectivity index (χ2n) is 4.31. The molecule has 0 fully saturated rings. The summed E-state index contributed by atoms with van der Waals surface area (Å²) in [5, 5.41) is 8.63. The van der Waals surface area contributed by atoms with Crippen LogP contribution in [0, 0.1) is 11.6 Å². The summed E-state index contributed by atoms with van der Waals surface area (Å²) in [6.45, 7) is 0.228. The molecular formula is C13H13F2NO5. The molecule has 0 aliphatic heterocycles. The van der Waals surface area contributed by atoms with E-state index in [1.165, 1.54) is 0 Å². The molecular weight excluding hydrogens is 288 g/mol. The fourth-order valence-corrected chi connectivity index (χ4v) is 1.45. The van der Waals surface area contributed by atoms with Gasteiger partial charge in [0, 0.05) is 6.92 Å². The van der Waals surface area contributed by atoms with E-state index in [4.69, 9.17) is 10.8 Å². The van der Waals surface area contributed by atoms with Crippen LogP contribution in [-0.2, 0) is 20.8 Å². The molecule has 0 spiro atoms. The van der Waals surface area contributed by atoms with Gasteiger partial charge in [0.25, 0.3) is 0 Å². The molecule has 0 bridgehead atoms. The fourth-order valence-electron chi connectivity index (χ4n) is 1.45. The third kappa shape index (κ3) is 4.60. The van der Waals surface area contributed by atoms with Crippen LogP contribution in [0.3, 0.4) is 0 Å². The Hall–Kier alpha value is -2.35. The SMILES string of the molecule is CC(=O)C(=O)COc1c(F)cc(CC(N)C(=O)O)cc1F. The summed E-state index contributed by atoms with van der Waals surface area (Å²) in [4.78, 5) is 32.3. The van der Waals surface area contributed by atoms with E-state index in [9.17, 15) is 23.2 Å². The van der Waals surface area contributed by atoms with Crippen molar-refractivity contribution in [3.05, 3.63) is 29.3 Å². The number of rotatable bonds is 7. The lowest BCUT2D eigenvalue weighted by Crippen LogP contribution is -2.32. The predicted octanol–water partition coefficient (Wildman–Crippen LogP) is 0.456. The molecule has 0 aromatic heterocycles. The number of hydrogen-bond acceptors (Lipinski definition) is 5. The minimum atomic E-state index is -1.30. The van der Waals surface area contributed by atoms with E-state index in [-0.39, 0.29) is 12.0 Å². The highest BCUT2D eigenvalue weighted by Crippen LogP contribution is 2.24. The Morgan fingerprint density at radius 3 is 2.24 bits per heavy atom. The second kappa shape index (κ2) is 6.89. The Kier molecular flexibility index (Phi) is 5.48. The Morgan fingerprint density at radius 1 is 1.29 bits per heavy atom. The highest BCUT2D eigenvalue weighted by molar-refractivity contribution is 6.36. The van der Waals surface area contributed by atoms with Gasteiger partial charge in [0.05, 0.1) is 0 Å². The number of carboxylic acid groups (broad SMARTS) is 1. The average molecular weight is 301 g/mol. The Morgan fingerprint density at radius 2 is 1.81 bits per heavy atom. The normalized spacial score (nSPS) is 11.8. The zero-order valence-corrected chi connectivity index (χ0v) is 11.1. The third-order valence-corrected chi connectivity index (χ3v) is 2.57. The van der Waals surface area contributed by atoms with E-state index in [0.29, 0.717) is 0 Å². The van der Waals surface area contributed by atoms with E-state index in [1.807, 2.05) is 0 Å². The summed E-state index contributed by atoms with van der Waals surface area (Å²) in [7, 11) is 0. The van der Waals surface area contributed by atoms with Crippen molar-refractivity contribution in [2.45, 2.75) is 19.4 Å². The van der Waals surface area contributed by atoms with Gasteiger partial charge in [-0.2, -0.15) is 0 Å². The van der Waals surface area contributed by atoms with Crippen LogP contribution in [-0.4, -0.2) is 35.3 Å². The quantitative estimate of drug-likeness (QED) is 0.708. The Balaban J connectivity index is 2.87. The summed E-state index contributed by atoms with van der Waals surface area (Å²) < 4.78 is 32.0. The maximum absolute atomic E-state index is 13.7. The van der Waals surface area contributed by atoms with Gasteiger partial charge in [-0.15, -0.1) is 0 Å². The van der Waals surface area contributed by atoms with Crippen LogP contribution in [0.1, 0.15) is 12.5 Å². The van der Waals surface area contributed by atoms with Crippen LogP contribution in [0.25, 0.3) is 0 Å². The van der Waals surface area contributed by atoms with Crippen molar-refractivity contribution in [1.29, 1.82) is 0 Å². The van der Waals surface area contributed by atoms with Gasteiger partial charge in [0.15, 0.2) is 29.8 Å². The van der Waals surface area contributed by atoms with Gasteiger partial charge in [0.1, 0.15) is 6.04 Å². The van der Waals surface area contributed by atoms with E-state index in [2.05, 4.69) is 4.74 Å². The molecule has 0 radical (unpaired) electrons. The van der Waals surface area contributed by atoms with Gasteiger partial charge < -0.3 is 15.6 Å². The minimum absolute atomic E-state index is 0.0325. The average Bonchev–Trinajstić information content (AvgIpc) is 2.36. The lowest BCUT2D eigenvalue weighted by molar-refractivity contribution is -0.138. The number of ether oxygens (including phenoxy) is 1. The molecule has 1 aromatic rings. The number of Topliss-reactive ketones (excluding diaryl/α,β-unsaturated/α-hetero) is 2. The molecule has 1 atom stereocenters. The molecule has 0 saturated heterocycles. The van der Waals surface area contributed by atoms with Crippen molar-refractivity contribution in [3.8, 4) is 5.75 Å². The van der Waals surface area contributed by atoms with Gasteiger partial charge in [-0.3, -0.25) is 14.4 Å². The maximum Gasteiger partial charge on any atom is 0.320 e. The van der Waals surface area contributed by atoms with Crippen LogP contribution in [0.2, 0.25) is 0 Å². The summed E-state index contributed by atoms with van der Waals surface area (Å²) >= 11 is 0. The molecule has 0 saturated carbocycles. The van der Waals surface area contributed by atoms with Gasteiger partial charge in [-0.25, -0.2) is 8.78 Å². The summed E-state index contributed by atoms with van der Waals surface area (Å²) in [5.74, 6) is -6.05. The summed E-state index contributed by atoms with van der Waals surface area (Å²) in [6.07, 6.45) is -0.268. The first-order valence-corrected chi connectivity index (χ1v) is 5.85. The smallest absolute Gasteiger partial charge is 0.320 e. The zero-order valence-electron chi connectivity index (χ0n) is 11.1. The fraction of sp³-hybridized carbons (Fsp3) is 0.308. The number of nitrogens with two attached hydrogens (primary N) is 1. The van der Waals surface area contributed by atoms with Gasteiger partial charge in [0.2, 0.25) is 5.78 Å². The first kappa shape index (κ1) is 16.7. The highest BCUT2D eigenvalue weighted by atomic mass is 19.1. The third-order valence-electron chi connectivity index (χ3n) is 2.57. The van der Waals surface area contributed by atoms with Crippen molar-refractivity contribution < 1.29 is 33.0 Å². The van der Waals surface area contributed by atoms with Crippen LogP contribution in [0.4, 0.5) is 8.78 Å². The number of carboxylic acids is 1. The van der Waals surface area contributed by atoms with E-state index < -0.39 is 47.6 Å². The number of ketones is 2.